The topological polar surface area (TPSA) is 104 Å². The molecule has 19 heavy (non-hydrogen) atoms. The summed E-state index contributed by atoms with van der Waals surface area (Å²) in [6, 6.07) is 2.16. The Morgan fingerprint density at radius 3 is 2.79 bits per heavy atom. The Balaban J connectivity index is 2.05. The fraction of sp³-hybridized carbons (Fsp3) is 0. The molecule has 0 aliphatic carbocycles. The smallest absolute Gasteiger partial charge is 0.338 e. The number of nitrogens with zero attached hydrogens (tertiary/aromatic N) is 2. The third-order valence-electron chi connectivity index (χ3n) is 2.00. The van der Waals surface area contributed by atoms with Gasteiger partial charge >= 0.3 is 12.0 Å². The molecule has 7 nitrogen and oxygen atoms in total. The van der Waals surface area contributed by atoms with Crippen molar-refractivity contribution < 1.29 is 14.7 Å². The lowest BCUT2D eigenvalue weighted by molar-refractivity contribution is 0.0698. The van der Waals surface area contributed by atoms with Gasteiger partial charge in [-0.3, -0.25) is 10.6 Å². The molecular weight excluding hydrogens is 292 g/mol. The van der Waals surface area contributed by atoms with Crippen LogP contribution >= 0.6 is 22.9 Å². The zero-order valence-corrected chi connectivity index (χ0v) is 10.8. The second-order valence-corrected chi connectivity index (χ2v) is 4.58. The Hall–Kier alpha value is -2.19. The molecule has 0 fully saturated rings. The van der Waals surface area contributed by atoms with Crippen LogP contribution in [-0.4, -0.2) is 27.1 Å². The van der Waals surface area contributed by atoms with Crippen molar-refractivity contribution in [3.05, 3.63) is 34.6 Å². The Morgan fingerprint density at radius 1 is 1.32 bits per heavy atom. The molecule has 2 heterocycles. The average Bonchev–Trinajstić information content (AvgIpc) is 2.76. The first-order valence-electron chi connectivity index (χ1n) is 4.92. The summed E-state index contributed by atoms with van der Waals surface area (Å²) in [5.41, 5.74) is 0.0286. The van der Waals surface area contributed by atoms with Gasteiger partial charge in [-0.05, 0) is 11.4 Å². The first-order chi connectivity index (χ1) is 9.06. The minimum absolute atomic E-state index is 0.0286. The highest BCUT2D eigenvalue weighted by Crippen LogP contribution is 2.23. The van der Waals surface area contributed by atoms with Crippen molar-refractivity contribution in [3.63, 3.8) is 0 Å². The van der Waals surface area contributed by atoms with Gasteiger partial charge in [0, 0.05) is 6.07 Å². The van der Waals surface area contributed by atoms with E-state index in [2.05, 4.69) is 20.6 Å². The molecule has 98 valence electrons. The number of rotatable bonds is 3. The molecule has 0 atom stereocenters. The van der Waals surface area contributed by atoms with Gasteiger partial charge in [-0.1, -0.05) is 11.6 Å². The lowest BCUT2D eigenvalue weighted by Crippen LogP contribution is -2.20. The zero-order valence-electron chi connectivity index (χ0n) is 9.25. The molecule has 2 rings (SSSR count). The van der Waals surface area contributed by atoms with Crippen LogP contribution in [-0.2, 0) is 0 Å². The molecule has 0 aromatic carbocycles. The van der Waals surface area contributed by atoms with Gasteiger partial charge in [-0.15, -0.1) is 11.3 Å². The molecule has 3 N–H and O–H groups in total. The van der Waals surface area contributed by atoms with Crippen LogP contribution in [0.15, 0.2) is 23.8 Å². The summed E-state index contributed by atoms with van der Waals surface area (Å²) in [6.45, 7) is 0. The van der Waals surface area contributed by atoms with E-state index in [9.17, 15) is 9.59 Å². The van der Waals surface area contributed by atoms with Crippen molar-refractivity contribution in [1.82, 2.24) is 9.97 Å². The van der Waals surface area contributed by atoms with Crippen molar-refractivity contribution in [2.75, 3.05) is 10.6 Å². The standard InChI is InChI=1S/C10H7ClN4O3S/c11-6-3-7(13-4-12-6)14-10(18)15-8-5(9(16)17)1-2-19-8/h1-4H,(H,16,17)(H2,12,13,14,15,18). The van der Waals surface area contributed by atoms with E-state index >= 15 is 0 Å². The highest BCUT2D eigenvalue weighted by atomic mass is 35.5. The van der Waals surface area contributed by atoms with E-state index in [-0.39, 0.29) is 21.5 Å². The number of urea groups is 1. The van der Waals surface area contributed by atoms with Crippen molar-refractivity contribution in [3.8, 4) is 0 Å². The number of aromatic carboxylic acids is 1. The summed E-state index contributed by atoms with van der Waals surface area (Å²) in [5.74, 6) is -0.896. The van der Waals surface area contributed by atoms with Crippen LogP contribution in [0.25, 0.3) is 0 Å². The average molecular weight is 299 g/mol. The quantitative estimate of drug-likeness (QED) is 0.755. The van der Waals surface area contributed by atoms with Gasteiger partial charge in [0.15, 0.2) is 0 Å². The first-order valence-corrected chi connectivity index (χ1v) is 6.18. The van der Waals surface area contributed by atoms with Crippen LogP contribution < -0.4 is 10.6 Å². The van der Waals surface area contributed by atoms with Crippen LogP contribution in [0.2, 0.25) is 5.15 Å². The Kier molecular flexibility index (Phi) is 3.93. The summed E-state index contributed by atoms with van der Waals surface area (Å²) in [4.78, 5) is 30.0. The number of amides is 2. The van der Waals surface area contributed by atoms with Crippen LogP contribution in [0, 0.1) is 0 Å². The van der Waals surface area contributed by atoms with E-state index in [0.29, 0.717) is 0 Å². The van der Waals surface area contributed by atoms with E-state index in [1.165, 1.54) is 18.5 Å². The molecule has 2 aromatic heterocycles. The first kappa shape index (κ1) is 13.2. The zero-order chi connectivity index (χ0) is 13.8. The highest BCUT2D eigenvalue weighted by molar-refractivity contribution is 7.14. The van der Waals surface area contributed by atoms with Gasteiger partial charge in [0.1, 0.15) is 22.3 Å². The predicted octanol–water partition coefficient (Wildman–Crippen LogP) is 2.53. The monoisotopic (exact) mass is 298 g/mol. The number of carbonyl (C=O) groups excluding carboxylic acids is 1. The fourth-order valence-corrected chi connectivity index (χ4v) is 2.15. The number of halogens is 1. The van der Waals surface area contributed by atoms with Gasteiger partial charge in [0.05, 0.1) is 5.56 Å². The lowest BCUT2D eigenvalue weighted by atomic mass is 10.3. The molecule has 0 bridgehead atoms. The van der Waals surface area contributed by atoms with Gasteiger partial charge in [0.2, 0.25) is 0 Å². The summed E-state index contributed by atoms with van der Waals surface area (Å²) in [6.07, 6.45) is 1.20. The number of carbonyl (C=O) groups is 2. The summed E-state index contributed by atoms with van der Waals surface area (Å²) in [5, 5.41) is 15.7. The molecular formula is C10H7ClN4O3S. The number of thiophene rings is 1. The molecule has 0 unspecified atom stereocenters. The van der Waals surface area contributed by atoms with Crippen LogP contribution in [0.1, 0.15) is 10.4 Å². The van der Waals surface area contributed by atoms with Gasteiger partial charge in [0.25, 0.3) is 0 Å². The van der Waals surface area contributed by atoms with E-state index in [1.807, 2.05) is 0 Å². The second kappa shape index (κ2) is 5.63. The van der Waals surface area contributed by atoms with E-state index in [0.717, 1.165) is 11.3 Å². The molecule has 0 aliphatic rings. The van der Waals surface area contributed by atoms with Crippen molar-refractivity contribution in [2.24, 2.45) is 0 Å². The second-order valence-electron chi connectivity index (χ2n) is 3.27. The van der Waals surface area contributed by atoms with Crippen LogP contribution in [0.5, 0.6) is 0 Å². The maximum Gasteiger partial charge on any atom is 0.338 e. The maximum atomic E-state index is 11.7. The lowest BCUT2D eigenvalue weighted by Gasteiger charge is -2.06. The summed E-state index contributed by atoms with van der Waals surface area (Å²) in [7, 11) is 0. The number of carboxylic acid groups (broad SMARTS) is 1. The number of carboxylic acids is 1. The number of aromatic nitrogens is 2. The van der Waals surface area contributed by atoms with Crippen molar-refractivity contribution >= 4 is 45.8 Å². The maximum absolute atomic E-state index is 11.7. The molecule has 0 saturated carbocycles. The molecule has 0 saturated heterocycles. The molecule has 9 heteroatoms. The number of nitrogens with one attached hydrogen (secondary N) is 2. The van der Waals surface area contributed by atoms with Crippen molar-refractivity contribution in [1.29, 1.82) is 0 Å². The minimum atomic E-state index is -1.11. The third-order valence-corrected chi connectivity index (χ3v) is 3.03. The van der Waals surface area contributed by atoms with E-state index < -0.39 is 12.0 Å². The third kappa shape index (κ3) is 3.39. The van der Waals surface area contributed by atoms with Gasteiger partial charge < -0.3 is 5.11 Å². The number of hydrogen-bond acceptors (Lipinski definition) is 5. The van der Waals surface area contributed by atoms with Crippen LogP contribution in [0.3, 0.4) is 0 Å². The SMILES string of the molecule is O=C(Nc1cc(Cl)ncn1)Nc1sccc1C(=O)O. The summed E-state index contributed by atoms with van der Waals surface area (Å²) >= 11 is 6.75. The molecule has 2 amide bonds. The Labute approximate surface area is 116 Å². The van der Waals surface area contributed by atoms with Gasteiger partial charge in [-0.25, -0.2) is 19.6 Å². The highest BCUT2D eigenvalue weighted by Gasteiger charge is 2.14. The number of anilines is 2. The largest absolute Gasteiger partial charge is 0.478 e. The summed E-state index contributed by atoms with van der Waals surface area (Å²) < 4.78 is 0. The molecule has 0 aliphatic heterocycles. The van der Waals surface area contributed by atoms with E-state index in [4.69, 9.17) is 16.7 Å². The van der Waals surface area contributed by atoms with Crippen molar-refractivity contribution in [2.45, 2.75) is 0 Å². The minimum Gasteiger partial charge on any atom is -0.478 e. The predicted molar refractivity (Wildman–Crippen MR) is 71.0 cm³/mol. The number of hydrogen-bond donors (Lipinski definition) is 3. The van der Waals surface area contributed by atoms with E-state index in [1.54, 1.807) is 5.38 Å². The van der Waals surface area contributed by atoms with Gasteiger partial charge in [-0.2, -0.15) is 0 Å². The molecule has 0 spiro atoms. The fourth-order valence-electron chi connectivity index (χ4n) is 1.23. The Bertz CT molecular complexity index is 631. The normalized spacial score (nSPS) is 9.95. The van der Waals surface area contributed by atoms with Crippen LogP contribution in [0.4, 0.5) is 15.6 Å². The Morgan fingerprint density at radius 2 is 2.11 bits per heavy atom. The molecule has 0 radical (unpaired) electrons. The molecule has 2 aromatic rings.